The molecule has 0 aromatic carbocycles. The van der Waals surface area contributed by atoms with Crippen molar-refractivity contribution in [1.82, 2.24) is 5.32 Å². The lowest BCUT2D eigenvalue weighted by molar-refractivity contribution is -0.697. The first-order chi connectivity index (χ1) is 19.6. The average Bonchev–Trinajstić information content (AvgIpc) is 2.97. The minimum Gasteiger partial charge on any atom is -0.461 e. The van der Waals surface area contributed by atoms with Crippen LogP contribution in [-0.2, 0) is 20.8 Å². The van der Waals surface area contributed by atoms with Crippen LogP contribution in [0, 0.1) is 0 Å². The zero-order chi connectivity index (χ0) is 28.9. The van der Waals surface area contributed by atoms with Gasteiger partial charge in [-0.25, -0.2) is 9.36 Å². The zero-order valence-electron chi connectivity index (χ0n) is 25.6. The van der Waals surface area contributed by atoms with Gasteiger partial charge in [0.25, 0.3) is 0 Å². The molecule has 0 aliphatic carbocycles. The Balaban J connectivity index is 1.82. The number of esters is 1. The number of rotatable bonds is 27. The molecule has 0 saturated carbocycles. The smallest absolute Gasteiger partial charge is 0.407 e. The lowest BCUT2D eigenvalue weighted by Crippen LogP contribution is -2.32. The number of aryl methyl sites for hydroxylation is 1. The normalized spacial score (nSPS) is 10.8. The van der Waals surface area contributed by atoms with Crippen molar-refractivity contribution in [1.29, 1.82) is 0 Å². The second kappa shape index (κ2) is 26.8. The lowest BCUT2D eigenvalue weighted by Gasteiger charge is -2.10. The fraction of sp³-hybridized carbons (Fsp3) is 0.735. The zero-order valence-corrected chi connectivity index (χ0v) is 25.6. The number of carbonyl (C=O) groups is 2. The molecule has 1 N–H and O–H groups in total. The largest absolute Gasteiger partial charge is 0.461 e. The molecule has 1 aromatic heterocycles. The van der Waals surface area contributed by atoms with Gasteiger partial charge in [0.15, 0.2) is 12.4 Å². The van der Waals surface area contributed by atoms with Crippen molar-refractivity contribution in [3.05, 3.63) is 42.7 Å². The molecule has 0 aliphatic rings. The molecule has 228 valence electrons. The molecule has 40 heavy (non-hydrogen) atoms. The highest BCUT2D eigenvalue weighted by molar-refractivity contribution is 5.69. The Morgan fingerprint density at radius 1 is 0.650 bits per heavy atom. The van der Waals surface area contributed by atoms with Crippen LogP contribution in [-0.4, -0.2) is 31.8 Å². The summed E-state index contributed by atoms with van der Waals surface area (Å²) in [5, 5.41) is 2.79. The van der Waals surface area contributed by atoms with E-state index in [9.17, 15) is 9.59 Å². The monoisotopic (exact) mass is 559 g/mol. The third-order valence-corrected chi connectivity index (χ3v) is 7.22. The van der Waals surface area contributed by atoms with E-state index < -0.39 is 6.09 Å². The summed E-state index contributed by atoms with van der Waals surface area (Å²) in [4.78, 5) is 23.8. The van der Waals surface area contributed by atoms with Gasteiger partial charge in [-0.2, -0.15) is 0 Å². The topological polar surface area (TPSA) is 68.5 Å². The predicted molar refractivity (Wildman–Crippen MR) is 164 cm³/mol. The highest BCUT2D eigenvalue weighted by Gasteiger charge is 2.07. The van der Waals surface area contributed by atoms with Gasteiger partial charge in [-0.15, -0.1) is 0 Å². The number of nitrogens with zero attached hydrogens (tertiary/aromatic N) is 1. The van der Waals surface area contributed by atoms with Crippen molar-refractivity contribution in [3.8, 4) is 0 Å². The van der Waals surface area contributed by atoms with E-state index in [2.05, 4.69) is 23.4 Å². The van der Waals surface area contributed by atoms with Crippen LogP contribution in [0.25, 0.3) is 0 Å². The fourth-order valence-corrected chi connectivity index (χ4v) is 4.70. The molecule has 1 rings (SSSR count). The minimum absolute atomic E-state index is 0.0619. The predicted octanol–water partition coefficient (Wildman–Crippen LogP) is 8.62. The summed E-state index contributed by atoms with van der Waals surface area (Å²) in [5.74, 6) is -0.235. The SMILES string of the molecule is C=C(COC(=O)CCCCC[n+]1ccccc1)COC(=O)NCCCCCCCCCCCCCCCCCC. The molecule has 0 fully saturated rings. The van der Waals surface area contributed by atoms with Gasteiger partial charge in [-0.05, 0) is 24.8 Å². The molecule has 1 heterocycles. The molecule has 0 radical (unpaired) electrons. The van der Waals surface area contributed by atoms with Crippen LogP contribution in [0.3, 0.4) is 0 Å². The van der Waals surface area contributed by atoms with Gasteiger partial charge >= 0.3 is 12.1 Å². The molecule has 6 heteroatoms. The third-order valence-electron chi connectivity index (χ3n) is 7.22. The van der Waals surface area contributed by atoms with Crippen molar-refractivity contribution >= 4 is 12.1 Å². The van der Waals surface area contributed by atoms with Crippen LogP contribution >= 0.6 is 0 Å². The molecular formula is C34H59N2O4+. The van der Waals surface area contributed by atoms with E-state index in [0.29, 0.717) is 18.5 Å². The molecule has 0 saturated heterocycles. The summed E-state index contributed by atoms with van der Waals surface area (Å²) in [5.41, 5.74) is 0.575. The van der Waals surface area contributed by atoms with E-state index in [0.717, 1.165) is 38.6 Å². The van der Waals surface area contributed by atoms with Gasteiger partial charge in [-0.1, -0.05) is 116 Å². The van der Waals surface area contributed by atoms with Crippen LogP contribution in [0.2, 0.25) is 0 Å². The second-order valence-electron chi connectivity index (χ2n) is 11.1. The Bertz CT molecular complexity index is 754. The maximum Gasteiger partial charge on any atom is 0.407 e. The number of ether oxygens (including phenoxy) is 2. The van der Waals surface area contributed by atoms with E-state index in [-0.39, 0.29) is 19.2 Å². The van der Waals surface area contributed by atoms with Gasteiger partial charge in [0, 0.05) is 31.5 Å². The summed E-state index contributed by atoms with van der Waals surface area (Å²) in [7, 11) is 0. The first kappa shape index (κ1) is 35.7. The number of carbonyl (C=O) groups excluding carboxylic acids is 2. The number of pyridine rings is 1. The Labute approximate surface area is 245 Å². The minimum atomic E-state index is -0.440. The fourth-order valence-electron chi connectivity index (χ4n) is 4.70. The Kier molecular flexibility index (Phi) is 23.9. The number of hydrogen-bond acceptors (Lipinski definition) is 4. The molecule has 1 amide bonds. The van der Waals surface area contributed by atoms with Crippen LogP contribution in [0.4, 0.5) is 4.79 Å². The van der Waals surface area contributed by atoms with Gasteiger partial charge in [-0.3, -0.25) is 4.79 Å². The Hall–Kier alpha value is -2.37. The summed E-state index contributed by atoms with van der Waals surface area (Å²) >= 11 is 0. The Morgan fingerprint density at radius 3 is 1.73 bits per heavy atom. The van der Waals surface area contributed by atoms with Crippen molar-refractivity contribution in [2.75, 3.05) is 19.8 Å². The molecule has 0 bridgehead atoms. The maximum atomic E-state index is 11.9. The Morgan fingerprint density at radius 2 is 1.15 bits per heavy atom. The molecule has 1 aromatic rings. The summed E-state index contributed by atoms with van der Waals surface area (Å²) in [6.07, 6.45) is 28.2. The van der Waals surface area contributed by atoms with Crippen LogP contribution < -0.4 is 9.88 Å². The van der Waals surface area contributed by atoms with Crippen molar-refractivity contribution in [2.45, 2.75) is 142 Å². The van der Waals surface area contributed by atoms with Gasteiger partial charge < -0.3 is 14.8 Å². The van der Waals surface area contributed by atoms with Gasteiger partial charge in [0.2, 0.25) is 0 Å². The number of aromatic nitrogens is 1. The van der Waals surface area contributed by atoms with Crippen LogP contribution in [0.5, 0.6) is 0 Å². The van der Waals surface area contributed by atoms with E-state index in [1.807, 2.05) is 30.6 Å². The maximum absolute atomic E-state index is 11.9. The molecule has 0 unspecified atom stereocenters. The number of unbranched alkanes of at least 4 members (excludes halogenated alkanes) is 17. The number of amides is 1. The molecule has 6 nitrogen and oxygen atoms in total. The van der Waals surface area contributed by atoms with Crippen LogP contribution in [0.15, 0.2) is 42.7 Å². The molecule has 0 spiro atoms. The second-order valence-corrected chi connectivity index (χ2v) is 11.1. The van der Waals surface area contributed by atoms with E-state index >= 15 is 0 Å². The summed E-state index contributed by atoms with van der Waals surface area (Å²) < 4.78 is 12.6. The highest BCUT2D eigenvalue weighted by Crippen LogP contribution is 2.13. The number of hydrogen-bond donors (Lipinski definition) is 1. The quantitative estimate of drug-likeness (QED) is 0.0507. The third kappa shape index (κ3) is 23.5. The van der Waals surface area contributed by atoms with Gasteiger partial charge in [0.05, 0.1) is 0 Å². The first-order valence-electron chi connectivity index (χ1n) is 16.3. The van der Waals surface area contributed by atoms with Crippen molar-refractivity contribution in [2.24, 2.45) is 0 Å². The summed E-state index contributed by atoms with van der Waals surface area (Å²) in [6.45, 7) is 7.84. The van der Waals surface area contributed by atoms with E-state index in [4.69, 9.17) is 9.47 Å². The number of nitrogens with one attached hydrogen (secondary N) is 1. The highest BCUT2D eigenvalue weighted by atomic mass is 16.6. The lowest BCUT2D eigenvalue weighted by atomic mass is 10.0. The first-order valence-corrected chi connectivity index (χ1v) is 16.3. The van der Waals surface area contributed by atoms with Crippen LogP contribution in [0.1, 0.15) is 135 Å². The molecule has 0 atom stereocenters. The average molecular weight is 560 g/mol. The molecule has 0 aliphatic heterocycles. The van der Waals surface area contributed by atoms with Crippen molar-refractivity contribution in [3.63, 3.8) is 0 Å². The van der Waals surface area contributed by atoms with Crippen molar-refractivity contribution < 1.29 is 23.6 Å². The summed E-state index contributed by atoms with van der Waals surface area (Å²) in [6, 6.07) is 6.03. The van der Waals surface area contributed by atoms with E-state index in [1.54, 1.807) is 0 Å². The standard InChI is InChI=1S/C34H58N2O4/c1-3-4-5-6-7-8-9-10-11-12-13-14-15-16-17-21-26-35-34(38)40-31-32(2)30-39-33(37)25-20-18-22-27-36-28-23-19-24-29-36/h19,23-24,28-29H,2-18,20-22,25-27,30-31H2,1H3/p+1. The molecular weight excluding hydrogens is 500 g/mol. The number of alkyl carbamates (subject to hydrolysis) is 1. The van der Waals surface area contributed by atoms with E-state index in [1.165, 1.54) is 89.9 Å². The van der Waals surface area contributed by atoms with Gasteiger partial charge in [0.1, 0.15) is 19.8 Å².